The molecule has 19 heavy (non-hydrogen) atoms. The highest BCUT2D eigenvalue weighted by Crippen LogP contribution is 2.20. The Hall–Kier alpha value is -2.04. The summed E-state index contributed by atoms with van der Waals surface area (Å²) in [5.41, 5.74) is 1.67. The number of urea groups is 1. The van der Waals surface area contributed by atoms with Gasteiger partial charge in [-0.3, -0.25) is 4.79 Å². The predicted octanol–water partition coefficient (Wildman–Crippen LogP) is 1.95. The van der Waals surface area contributed by atoms with Crippen LogP contribution in [0.3, 0.4) is 0 Å². The quantitative estimate of drug-likeness (QED) is 0.870. The van der Waals surface area contributed by atoms with Crippen molar-refractivity contribution in [3.63, 3.8) is 0 Å². The second-order valence-corrected chi connectivity index (χ2v) is 4.90. The number of benzene rings is 1. The third-order valence-electron chi connectivity index (χ3n) is 3.12. The number of carbonyl (C=O) groups excluding carboxylic acids is 2. The summed E-state index contributed by atoms with van der Waals surface area (Å²) in [7, 11) is 1.74. The number of nitrogens with zero attached hydrogens (tertiary/aromatic N) is 1. The van der Waals surface area contributed by atoms with Gasteiger partial charge in [0.15, 0.2) is 0 Å². The minimum Gasteiger partial charge on any atom is -0.342 e. The van der Waals surface area contributed by atoms with Crippen LogP contribution in [0, 0.1) is 0 Å². The zero-order chi connectivity index (χ0) is 13.8. The van der Waals surface area contributed by atoms with E-state index in [0.717, 1.165) is 24.1 Å². The molecule has 0 atom stereocenters. The van der Waals surface area contributed by atoms with E-state index in [4.69, 9.17) is 0 Å². The van der Waals surface area contributed by atoms with Crippen LogP contribution in [0.15, 0.2) is 24.3 Å². The molecular formula is C14H19N3O2. The molecule has 5 nitrogen and oxygen atoms in total. The topological polar surface area (TPSA) is 61.4 Å². The van der Waals surface area contributed by atoms with Gasteiger partial charge in [0.2, 0.25) is 5.91 Å². The van der Waals surface area contributed by atoms with Crippen LogP contribution in [0.2, 0.25) is 0 Å². The number of rotatable bonds is 4. The lowest BCUT2D eigenvalue weighted by Gasteiger charge is -2.18. The molecule has 3 amide bonds. The van der Waals surface area contributed by atoms with Crippen molar-refractivity contribution in [1.82, 2.24) is 10.2 Å². The van der Waals surface area contributed by atoms with Crippen molar-refractivity contribution in [3.05, 3.63) is 29.8 Å². The monoisotopic (exact) mass is 261 g/mol. The van der Waals surface area contributed by atoms with Gasteiger partial charge in [-0.15, -0.1) is 0 Å². The van der Waals surface area contributed by atoms with E-state index in [1.807, 2.05) is 24.3 Å². The highest BCUT2D eigenvalue weighted by atomic mass is 16.2. The van der Waals surface area contributed by atoms with Crippen LogP contribution in [0.5, 0.6) is 0 Å². The highest BCUT2D eigenvalue weighted by molar-refractivity contribution is 5.90. The number of nitrogens with one attached hydrogen (secondary N) is 2. The predicted molar refractivity (Wildman–Crippen MR) is 73.8 cm³/mol. The summed E-state index contributed by atoms with van der Waals surface area (Å²) in [6, 6.07) is 7.66. The molecule has 0 aromatic heterocycles. The van der Waals surface area contributed by atoms with Gasteiger partial charge < -0.3 is 15.5 Å². The van der Waals surface area contributed by atoms with Crippen molar-refractivity contribution in [2.75, 3.05) is 12.4 Å². The first-order chi connectivity index (χ1) is 9.06. The molecule has 0 aliphatic heterocycles. The molecular weight excluding hydrogens is 242 g/mol. The van der Waals surface area contributed by atoms with Gasteiger partial charge in [-0.25, -0.2) is 4.79 Å². The number of amides is 3. The molecule has 1 aliphatic rings. The number of para-hydroxylation sites is 1. The van der Waals surface area contributed by atoms with E-state index in [1.165, 1.54) is 6.92 Å². The molecule has 1 saturated carbocycles. The Kier molecular flexibility index (Phi) is 4.04. The lowest BCUT2D eigenvalue weighted by molar-refractivity contribution is -0.128. The van der Waals surface area contributed by atoms with Gasteiger partial charge in [-0.2, -0.15) is 0 Å². The van der Waals surface area contributed by atoms with Crippen LogP contribution in [0.4, 0.5) is 10.5 Å². The summed E-state index contributed by atoms with van der Waals surface area (Å²) in [6.07, 6.45) is 2.12. The maximum atomic E-state index is 11.7. The fourth-order valence-corrected chi connectivity index (χ4v) is 1.72. The lowest BCUT2D eigenvalue weighted by Crippen LogP contribution is -2.31. The zero-order valence-electron chi connectivity index (χ0n) is 11.3. The first-order valence-electron chi connectivity index (χ1n) is 6.43. The Labute approximate surface area is 113 Å². The van der Waals surface area contributed by atoms with Crippen molar-refractivity contribution in [2.24, 2.45) is 0 Å². The molecule has 1 aromatic rings. The molecule has 0 bridgehead atoms. The molecule has 0 saturated heterocycles. The Morgan fingerprint density at radius 2 is 2.00 bits per heavy atom. The van der Waals surface area contributed by atoms with Gasteiger partial charge in [-0.05, 0) is 24.5 Å². The molecule has 5 heteroatoms. The van der Waals surface area contributed by atoms with Gasteiger partial charge in [-0.1, -0.05) is 18.2 Å². The molecule has 0 unspecified atom stereocenters. The smallest absolute Gasteiger partial charge is 0.319 e. The van der Waals surface area contributed by atoms with Gasteiger partial charge in [0.25, 0.3) is 0 Å². The Bertz CT molecular complexity index is 483. The number of carbonyl (C=O) groups is 2. The summed E-state index contributed by atoms with van der Waals surface area (Å²) in [6.45, 7) is 2.01. The molecule has 102 valence electrons. The van der Waals surface area contributed by atoms with Crippen molar-refractivity contribution in [1.29, 1.82) is 0 Å². The molecule has 0 spiro atoms. The standard InChI is InChI=1S/C14H19N3O2/c1-10(18)17(2)9-11-5-3-4-6-13(11)16-14(19)15-12-7-8-12/h3-6,12H,7-9H2,1-2H3,(H2,15,16,19). The average Bonchev–Trinajstić information content (AvgIpc) is 3.15. The van der Waals surface area contributed by atoms with Crippen LogP contribution < -0.4 is 10.6 Å². The minimum atomic E-state index is -0.180. The largest absolute Gasteiger partial charge is 0.342 e. The van der Waals surface area contributed by atoms with Crippen LogP contribution in [0.25, 0.3) is 0 Å². The van der Waals surface area contributed by atoms with E-state index in [9.17, 15) is 9.59 Å². The average molecular weight is 261 g/mol. The van der Waals surface area contributed by atoms with Crippen LogP contribution in [-0.2, 0) is 11.3 Å². The van der Waals surface area contributed by atoms with Gasteiger partial charge in [0.05, 0.1) is 0 Å². The van der Waals surface area contributed by atoms with Crippen LogP contribution in [-0.4, -0.2) is 29.9 Å². The Balaban J connectivity index is 2.02. The van der Waals surface area contributed by atoms with Gasteiger partial charge in [0.1, 0.15) is 0 Å². The molecule has 1 aromatic carbocycles. The van der Waals surface area contributed by atoms with E-state index >= 15 is 0 Å². The third-order valence-corrected chi connectivity index (χ3v) is 3.12. The fourth-order valence-electron chi connectivity index (χ4n) is 1.72. The summed E-state index contributed by atoms with van der Waals surface area (Å²) in [5.74, 6) is -0.00256. The summed E-state index contributed by atoms with van der Waals surface area (Å²) in [5, 5.41) is 5.71. The number of hydrogen-bond acceptors (Lipinski definition) is 2. The Morgan fingerprint density at radius 3 is 2.63 bits per heavy atom. The molecule has 1 aliphatic carbocycles. The van der Waals surface area contributed by atoms with Crippen LogP contribution in [0.1, 0.15) is 25.3 Å². The van der Waals surface area contributed by atoms with E-state index in [0.29, 0.717) is 12.6 Å². The van der Waals surface area contributed by atoms with Crippen molar-refractivity contribution >= 4 is 17.6 Å². The molecule has 0 heterocycles. The number of anilines is 1. The second-order valence-electron chi connectivity index (χ2n) is 4.90. The first-order valence-corrected chi connectivity index (χ1v) is 6.43. The fraction of sp³-hybridized carbons (Fsp3) is 0.429. The highest BCUT2D eigenvalue weighted by Gasteiger charge is 2.23. The maximum absolute atomic E-state index is 11.7. The van der Waals surface area contributed by atoms with Gasteiger partial charge >= 0.3 is 6.03 Å². The van der Waals surface area contributed by atoms with Crippen molar-refractivity contribution in [2.45, 2.75) is 32.4 Å². The van der Waals surface area contributed by atoms with E-state index in [2.05, 4.69) is 10.6 Å². The normalized spacial score (nSPS) is 13.8. The second kappa shape index (κ2) is 5.73. The summed E-state index contributed by atoms with van der Waals surface area (Å²) < 4.78 is 0. The van der Waals surface area contributed by atoms with Crippen LogP contribution >= 0.6 is 0 Å². The lowest BCUT2D eigenvalue weighted by atomic mass is 10.1. The molecule has 2 N–H and O–H groups in total. The van der Waals surface area contributed by atoms with E-state index in [-0.39, 0.29) is 11.9 Å². The number of hydrogen-bond donors (Lipinski definition) is 2. The summed E-state index contributed by atoms with van der Waals surface area (Å²) >= 11 is 0. The van der Waals surface area contributed by atoms with Crippen molar-refractivity contribution < 1.29 is 9.59 Å². The SMILES string of the molecule is CC(=O)N(C)Cc1ccccc1NC(=O)NC1CC1. The minimum absolute atomic E-state index is 0.00256. The Morgan fingerprint density at radius 1 is 1.32 bits per heavy atom. The third kappa shape index (κ3) is 3.98. The molecule has 1 fully saturated rings. The zero-order valence-corrected chi connectivity index (χ0v) is 11.3. The summed E-state index contributed by atoms with van der Waals surface area (Å²) in [4.78, 5) is 24.6. The molecule has 0 radical (unpaired) electrons. The van der Waals surface area contributed by atoms with E-state index < -0.39 is 0 Å². The maximum Gasteiger partial charge on any atom is 0.319 e. The molecule has 2 rings (SSSR count). The van der Waals surface area contributed by atoms with E-state index in [1.54, 1.807) is 11.9 Å². The van der Waals surface area contributed by atoms with Gasteiger partial charge in [0, 0.05) is 32.2 Å². The van der Waals surface area contributed by atoms with Crippen molar-refractivity contribution in [3.8, 4) is 0 Å². The first kappa shape index (κ1) is 13.4.